The van der Waals surface area contributed by atoms with Crippen LogP contribution in [0, 0.1) is 6.92 Å². The Hall–Kier alpha value is -2.21. The number of halogens is 2. The largest absolute Gasteiger partial charge is 0.389 e. The van der Waals surface area contributed by atoms with Crippen molar-refractivity contribution in [2.24, 2.45) is 0 Å². The molecule has 2 heterocycles. The highest BCUT2D eigenvalue weighted by atomic mass is 35.5. The molecule has 3 aromatic rings. The molecule has 0 fully saturated rings. The standard InChI is InChI=1S/C18H14Cl2N4O/c1-10-21-7-6-17(22-10)24-16-5-3-12(25)9-15(16)23-18(24)11-2-4-13(19)14(20)8-11/h2-8,12,25H,9H2,1H3. The Morgan fingerprint density at radius 1 is 1.16 bits per heavy atom. The normalized spacial score (nSPS) is 16.1. The number of hydrogen-bond acceptors (Lipinski definition) is 4. The summed E-state index contributed by atoms with van der Waals surface area (Å²) >= 11 is 12.2. The van der Waals surface area contributed by atoms with E-state index in [4.69, 9.17) is 28.2 Å². The molecule has 25 heavy (non-hydrogen) atoms. The lowest BCUT2D eigenvalue weighted by Gasteiger charge is -2.13. The summed E-state index contributed by atoms with van der Waals surface area (Å²) in [5, 5.41) is 10.9. The molecule has 1 aliphatic rings. The lowest BCUT2D eigenvalue weighted by atomic mass is 10.1. The monoisotopic (exact) mass is 372 g/mol. The molecule has 0 saturated carbocycles. The summed E-state index contributed by atoms with van der Waals surface area (Å²) in [6.07, 6.45) is 5.26. The molecule has 1 N–H and O–H groups in total. The van der Waals surface area contributed by atoms with Gasteiger partial charge in [-0.2, -0.15) is 0 Å². The second kappa shape index (κ2) is 6.26. The molecule has 0 aliphatic heterocycles. The number of benzene rings is 1. The van der Waals surface area contributed by atoms with Gasteiger partial charge in [-0.15, -0.1) is 0 Å². The van der Waals surface area contributed by atoms with Gasteiger partial charge in [0.05, 0.1) is 27.5 Å². The molecule has 126 valence electrons. The Morgan fingerprint density at radius 2 is 2.00 bits per heavy atom. The number of nitrogens with zero attached hydrogens (tertiary/aromatic N) is 4. The lowest BCUT2D eigenvalue weighted by Crippen LogP contribution is -2.13. The van der Waals surface area contributed by atoms with Gasteiger partial charge in [-0.25, -0.2) is 15.0 Å². The summed E-state index contributed by atoms with van der Waals surface area (Å²) in [7, 11) is 0. The summed E-state index contributed by atoms with van der Waals surface area (Å²) in [5.41, 5.74) is 2.53. The molecule has 0 spiro atoms. The molecule has 4 rings (SSSR count). The quantitative estimate of drug-likeness (QED) is 0.741. The first-order valence-electron chi connectivity index (χ1n) is 7.76. The van der Waals surface area contributed by atoms with Crippen LogP contribution < -0.4 is 0 Å². The van der Waals surface area contributed by atoms with Gasteiger partial charge in [-0.1, -0.05) is 29.3 Å². The summed E-state index contributed by atoms with van der Waals surface area (Å²) < 4.78 is 1.95. The highest BCUT2D eigenvalue weighted by Crippen LogP contribution is 2.33. The molecule has 5 nitrogen and oxygen atoms in total. The van der Waals surface area contributed by atoms with Crippen LogP contribution in [0.1, 0.15) is 17.2 Å². The Kier molecular flexibility index (Phi) is 4.07. The Balaban J connectivity index is 1.98. The number of imidazole rings is 1. The van der Waals surface area contributed by atoms with E-state index < -0.39 is 6.10 Å². The van der Waals surface area contributed by atoms with E-state index in [1.807, 2.05) is 29.7 Å². The van der Waals surface area contributed by atoms with Crippen LogP contribution in [0.15, 0.2) is 36.5 Å². The summed E-state index contributed by atoms with van der Waals surface area (Å²) in [6, 6.07) is 7.22. The minimum absolute atomic E-state index is 0.456. The Labute approximate surface area is 154 Å². The molecule has 0 radical (unpaired) electrons. The van der Waals surface area contributed by atoms with Crippen molar-refractivity contribution < 1.29 is 5.11 Å². The van der Waals surface area contributed by atoms with Gasteiger partial charge in [0.1, 0.15) is 17.5 Å². The smallest absolute Gasteiger partial charge is 0.146 e. The third kappa shape index (κ3) is 2.95. The van der Waals surface area contributed by atoms with Crippen molar-refractivity contribution in [1.82, 2.24) is 19.5 Å². The van der Waals surface area contributed by atoms with Gasteiger partial charge < -0.3 is 5.11 Å². The number of fused-ring (bicyclic) bond motifs is 1. The van der Waals surface area contributed by atoms with Crippen LogP contribution in [0.3, 0.4) is 0 Å². The van der Waals surface area contributed by atoms with Crippen molar-refractivity contribution in [3.8, 4) is 17.2 Å². The zero-order valence-electron chi connectivity index (χ0n) is 13.3. The zero-order chi connectivity index (χ0) is 17.6. The van der Waals surface area contributed by atoms with E-state index in [0.717, 1.165) is 17.0 Å². The second-order valence-electron chi connectivity index (χ2n) is 5.82. The van der Waals surface area contributed by atoms with Crippen LogP contribution in [-0.4, -0.2) is 30.7 Å². The van der Waals surface area contributed by atoms with Crippen LogP contribution in [0.2, 0.25) is 10.0 Å². The van der Waals surface area contributed by atoms with Gasteiger partial charge in [0, 0.05) is 18.2 Å². The van der Waals surface area contributed by atoms with Crippen LogP contribution in [0.25, 0.3) is 23.3 Å². The number of hydrogen-bond donors (Lipinski definition) is 1. The van der Waals surface area contributed by atoms with Crippen molar-refractivity contribution in [3.63, 3.8) is 0 Å². The molecule has 0 bridgehead atoms. The zero-order valence-corrected chi connectivity index (χ0v) is 14.8. The molecular weight excluding hydrogens is 359 g/mol. The molecule has 1 unspecified atom stereocenters. The number of aliphatic hydroxyl groups is 1. The van der Waals surface area contributed by atoms with E-state index in [-0.39, 0.29) is 0 Å². The van der Waals surface area contributed by atoms with Gasteiger partial charge in [0.15, 0.2) is 0 Å². The number of aromatic nitrogens is 4. The maximum absolute atomic E-state index is 9.92. The van der Waals surface area contributed by atoms with Crippen molar-refractivity contribution in [3.05, 3.63) is 63.8 Å². The molecule has 1 atom stereocenters. The molecule has 0 amide bonds. The summed E-state index contributed by atoms with van der Waals surface area (Å²) in [4.78, 5) is 13.4. The van der Waals surface area contributed by atoms with Crippen molar-refractivity contribution in [1.29, 1.82) is 0 Å². The Morgan fingerprint density at radius 3 is 2.76 bits per heavy atom. The molecular formula is C18H14Cl2N4O. The fourth-order valence-corrected chi connectivity index (χ4v) is 3.19. The predicted molar refractivity (Wildman–Crippen MR) is 98.1 cm³/mol. The first-order valence-corrected chi connectivity index (χ1v) is 8.52. The van der Waals surface area contributed by atoms with E-state index in [2.05, 4.69) is 9.97 Å². The second-order valence-corrected chi connectivity index (χ2v) is 6.64. The lowest BCUT2D eigenvalue weighted by molar-refractivity contribution is 0.222. The number of aryl methyl sites for hydroxylation is 1. The molecule has 2 aromatic heterocycles. The van der Waals surface area contributed by atoms with E-state index >= 15 is 0 Å². The van der Waals surface area contributed by atoms with E-state index in [9.17, 15) is 5.11 Å². The van der Waals surface area contributed by atoms with Gasteiger partial charge >= 0.3 is 0 Å². The summed E-state index contributed by atoms with van der Waals surface area (Å²) in [6.45, 7) is 1.84. The third-order valence-corrected chi connectivity index (χ3v) is 4.78. The first kappa shape index (κ1) is 16.3. The maximum Gasteiger partial charge on any atom is 0.146 e. The molecule has 1 aromatic carbocycles. The van der Waals surface area contributed by atoms with Gasteiger partial charge in [-0.3, -0.25) is 4.57 Å². The van der Waals surface area contributed by atoms with Gasteiger partial charge in [-0.05, 0) is 37.3 Å². The van der Waals surface area contributed by atoms with Gasteiger partial charge in [0.2, 0.25) is 0 Å². The van der Waals surface area contributed by atoms with E-state index in [0.29, 0.717) is 33.9 Å². The SMILES string of the molecule is Cc1nccc(-n2c(-c3ccc(Cl)c(Cl)c3)nc3c2C=CC(O)C3)n1. The van der Waals surface area contributed by atoms with Crippen LogP contribution in [0.5, 0.6) is 0 Å². The minimum Gasteiger partial charge on any atom is -0.389 e. The molecule has 7 heteroatoms. The average Bonchev–Trinajstić information content (AvgIpc) is 2.95. The Bertz CT molecular complexity index is 997. The predicted octanol–water partition coefficient (Wildman–Crippen LogP) is 3.87. The van der Waals surface area contributed by atoms with Crippen molar-refractivity contribution in [2.75, 3.05) is 0 Å². The first-order chi connectivity index (χ1) is 12.0. The fourth-order valence-electron chi connectivity index (χ4n) is 2.90. The van der Waals surface area contributed by atoms with E-state index in [1.165, 1.54) is 0 Å². The van der Waals surface area contributed by atoms with Crippen LogP contribution in [-0.2, 0) is 6.42 Å². The maximum atomic E-state index is 9.92. The fraction of sp³-hybridized carbons (Fsp3) is 0.167. The van der Waals surface area contributed by atoms with E-state index in [1.54, 1.807) is 24.4 Å². The highest BCUT2D eigenvalue weighted by molar-refractivity contribution is 6.42. The van der Waals surface area contributed by atoms with Crippen LogP contribution >= 0.6 is 23.2 Å². The topological polar surface area (TPSA) is 63.8 Å². The van der Waals surface area contributed by atoms with Gasteiger partial charge in [0.25, 0.3) is 0 Å². The van der Waals surface area contributed by atoms with Crippen LogP contribution in [0.4, 0.5) is 0 Å². The van der Waals surface area contributed by atoms with Crippen molar-refractivity contribution in [2.45, 2.75) is 19.4 Å². The third-order valence-electron chi connectivity index (χ3n) is 4.04. The van der Waals surface area contributed by atoms with Crippen molar-refractivity contribution >= 4 is 29.3 Å². The highest BCUT2D eigenvalue weighted by Gasteiger charge is 2.23. The summed E-state index contributed by atoms with van der Waals surface area (Å²) in [5.74, 6) is 2.07. The number of rotatable bonds is 2. The minimum atomic E-state index is -0.537. The number of aliphatic hydroxyl groups excluding tert-OH is 1. The molecule has 0 saturated heterocycles. The molecule has 1 aliphatic carbocycles. The average molecular weight is 373 g/mol.